The fraction of sp³-hybridized carbons (Fsp3) is 0.118. The van der Waals surface area contributed by atoms with Crippen molar-refractivity contribution in [2.75, 3.05) is 6.61 Å². The van der Waals surface area contributed by atoms with Gasteiger partial charge in [0.2, 0.25) is 0 Å². The SMILES string of the molecule is O=C(/C=C/c1ccc(O)cc1)OCCc1ccc([N+](=O)[O-])cc1[N+](=O)[O-]. The number of esters is 1. The summed E-state index contributed by atoms with van der Waals surface area (Å²) in [6.07, 6.45) is 2.74. The van der Waals surface area contributed by atoms with Crippen LogP contribution in [-0.2, 0) is 16.0 Å². The molecule has 2 rings (SSSR count). The monoisotopic (exact) mass is 358 g/mol. The molecule has 26 heavy (non-hydrogen) atoms. The van der Waals surface area contributed by atoms with Crippen LogP contribution < -0.4 is 0 Å². The summed E-state index contributed by atoms with van der Waals surface area (Å²) < 4.78 is 4.97. The third-order valence-electron chi connectivity index (χ3n) is 3.40. The lowest BCUT2D eigenvalue weighted by atomic mass is 10.1. The number of rotatable bonds is 7. The van der Waals surface area contributed by atoms with Gasteiger partial charge in [-0.1, -0.05) is 12.1 Å². The largest absolute Gasteiger partial charge is 0.508 e. The van der Waals surface area contributed by atoms with Crippen molar-refractivity contribution >= 4 is 23.4 Å². The van der Waals surface area contributed by atoms with Crippen molar-refractivity contribution in [2.45, 2.75) is 6.42 Å². The van der Waals surface area contributed by atoms with Crippen molar-refractivity contribution in [1.82, 2.24) is 0 Å². The van der Waals surface area contributed by atoms with Crippen molar-refractivity contribution in [3.63, 3.8) is 0 Å². The predicted octanol–water partition coefficient (Wildman–Crippen LogP) is 3.01. The number of hydrogen-bond acceptors (Lipinski definition) is 7. The number of ether oxygens (including phenoxy) is 1. The van der Waals surface area contributed by atoms with Crippen LogP contribution in [0.3, 0.4) is 0 Å². The first-order chi connectivity index (χ1) is 12.4. The van der Waals surface area contributed by atoms with Crippen molar-refractivity contribution < 1.29 is 24.5 Å². The summed E-state index contributed by atoms with van der Waals surface area (Å²) in [4.78, 5) is 31.9. The number of aromatic hydroxyl groups is 1. The first-order valence-corrected chi connectivity index (χ1v) is 7.42. The minimum atomic E-state index is -0.717. The molecule has 0 bridgehead atoms. The molecule has 0 radical (unpaired) electrons. The maximum Gasteiger partial charge on any atom is 0.330 e. The highest BCUT2D eigenvalue weighted by atomic mass is 16.6. The number of hydrogen-bond donors (Lipinski definition) is 1. The lowest BCUT2D eigenvalue weighted by Gasteiger charge is -2.04. The topological polar surface area (TPSA) is 133 Å². The van der Waals surface area contributed by atoms with Crippen LogP contribution in [0.5, 0.6) is 5.75 Å². The van der Waals surface area contributed by atoms with Crippen LogP contribution in [0.4, 0.5) is 11.4 Å². The van der Waals surface area contributed by atoms with E-state index in [0.29, 0.717) is 5.56 Å². The minimum absolute atomic E-state index is 0.0487. The molecule has 0 atom stereocenters. The zero-order valence-corrected chi connectivity index (χ0v) is 13.4. The molecule has 0 saturated carbocycles. The van der Waals surface area contributed by atoms with Crippen LogP contribution in [0, 0.1) is 20.2 Å². The molecular formula is C17H14N2O7. The molecule has 9 heteroatoms. The van der Waals surface area contributed by atoms with Crippen molar-refractivity contribution in [3.8, 4) is 5.75 Å². The quantitative estimate of drug-likeness (QED) is 0.348. The van der Waals surface area contributed by atoms with Crippen LogP contribution in [0.15, 0.2) is 48.5 Å². The molecule has 0 amide bonds. The molecule has 0 fully saturated rings. The smallest absolute Gasteiger partial charge is 0.330 e. The molecule has 0 saturated heterocycles. The Kier molecular flexibility index (Phi) is 5.99. The first-order valence-electron chi connectivity index (χ1n) is 7.42. The average Bonchev–Trinajstić information content (AvgIpc) is 2.61. The van der Waals surface area contributed by atoms with Gasteiger partial charge in [-0.05, 0) is 29.8 Å². The van der Waals surface area contributed by atoms with Crippen molar-refractivity contribution in [1.29, 1.82) is 0 Å². The highest BCUT2D eigenvalue weighted by Crippen LogP contribution is 2.25. The lowest BCUT2D eigenvalue weighted by molar-refractivity contribution is -0.394. The molecule has 134 valence electrons. The molecule has 2 aromatic rings. The number of nitro groups is 2. The molecular weight excluding hydrogens is 344 g/mol. The maximum absolute atomic E-state index is 11.7. The second-order valence-electron chi connectivity index (χ2n) is 5.17. The van der Waals surface area contributed by atoms with Crippen LogP contribution in [0.2, 0.25) is 0 Å². The molecule has 1 N–H and O–H groups in total. The zero-order valence-electron chi connectivity index (χ0n) is 13.4. The number of nitro benzene ring substituents is 2. The van der Waals surface area contributed by atoms with E-state index in [1.165, 1.54) is 30.4 Å². The van der Waals surface area contributed by atoms with E-state index in [9.17, 15) is 25.0 Å². The molecule has 0 aliphatic rings. The first kappa shape index (κ1) is 18.6. The normalized spacial score (nSPS) is 10.6. The molecule has 0 aromatic heterocycles. The molecule has 9 nitrogen and oxygen atoms in total. The average molecular weight is 358 g/mol. The Morgan fingerprint density at radius 1 is 1.08 bits per heavy atom. The molecule has 0 aliphatic carbocycles. The number of non-ortho nitro benzene ring substituents is 1. The zero-order chi connectivity index (χ0) is 19.1. The van der Waals surface area contributed by atoms with Gasteiger partial charge in [0.05, 0.1) is 22.5 Å². The number of phenolic OH excluding ortho intramolecular Hbond substituents is 1. The van der Waals surface area contributed by atoms with Gasteiger partial charge in [0.1, 0.15) is 5.75 Å². The van der Waals surface area contributed by atoms with Gasteiger partial charge in [0.15, 0.2) is 0 Å². The standard InChI is InChI=1S/C17H14N2O7/c20-15-6-1-12(2-7-15)3-8-17(21)26-10-9-13-4-5-14(18(22)23)11-16(13)19(24)25/h1-8,11,20H,9-10H2/b8-3+. The Bertz CT molecular complexity index is 860. The Hall–Kier alpha value is -3.75. The Labute approximate surface area is 147 Å². The number of benzene rings is 2. The van der Waals surface area contributed by atoms with Gasteiger partial charge in [-0.15, -0.1) is 0 Å². The molecule has 0 unspecified atom stereocenters. The number of phenols is 1. The van der Waals surface area contributed by atoms with E-state index in [1.807, 2.05) is 0 Å². The van der Waals surface area contributed by atoms with E-state index in [4.69, 9.17) is 9.84 Å². The Morgan fingerprint density at radius 3 is 2.38 bits per heavy atom. The van der Waals surface area contributed by atoms with Crippen molar-refractivity contribution in [2.24, 2.45) is 0 Å². The van der Waals surface area contributed by atoms with Gasteiger partial charge in [0.25, 0.3) is 11.4 Å². The summed E-state index contributed by atoms with van der Waals surface area (Å²) in [5.74, 6) is -0.531. The Balaban J connectivity index is 1.94. The number of carbonyl (C=O) groups is 1. The Morgan fingerprint density at radius 2 is 1.77 bits per heavy atom. The summed E-state index contributed by atoms with van der Waals surface area (Å²) in [6.45, 7) is -0.114. The predicted molar refractivity (Wildman–Crippen MR) is 91.6 cm³/mol. The van der Waals surface area contributed by atoms with E-state index in [0.717, 1.165) is 12.1 Å². The van der Waals surface area contributed by atoms with E-state index in [2.05, 4.69) is 0 Å². The maximum atomic E-state index is 11.7. The highest BCUT2D eigenvalue weighted by Gasteiger charge is 2.19. The van der Waals surface area contributed by atoms with Crippen LogP contribution in [0.1, 0.15) is 11.1 Å². The molecule has 2 aromatic carbocycles. The van der Waals surface area contributed by atoms with E-state index in [-0.39, 0.29) is 30.0 Å². The van der Waals surface area contributed by atoms with Crippen LogP contribution in [-0.4, -0.2) is 27.5 Å². The molecule has 0 spiro atoms. The second kappa shape index (κ2) is 8.38. The van der Waals surface area contributed by atoms with Gasteiger partial charge in [0, 0.05) is 24.1 Å². The van der Waals surface area contributed by atoms with Crippen LogP contribution >= 0.6 is 0 Å². The number of carbonyl (C=O) groups excluding carboxylic acids is 1. The third-order valence-corrected chi connectivity index (χ3v) is 3.40. The van der Waals surface area contributed by atoms with Gasteiger partial charge >= 0.3 is 5.97 Å². The third kappa shape index (κ3) is 5.13. The number of nitrogens with zero attached hydrogens (tertiary/aromatic N) is 2. The minimum Gasteiger partial charge on any atom is -0.508 e. The van der Waals surface area contributed by atoms with Crippen molar-refractivity contribution in [3.05, 3.63) is 79.9 Å². The lowest BCUT2D eigenvalue weighted by Crippen LogP contribution is -2.06. The highest BCUT2D eigenvalue weighted by molar-refractivity contribution is 5.87. The summed E-state index contributed by atoms with van der Waals surface area (Å²) >= 11 is 0. The van der Waals surface area contributed by atoms with Gasteiger partial charge < -0.3 is 9.84 Å². The van der Waals surface area contributed by atoms with E-state index >= 15 is 0 Å². The van der Waals surface area contributed by atoms with E-state index in [1.54, 1.807) is 12.1 Å². The summed E-state index contributed by atoms with van der Waals surface area (Å²) in [5, 5.41) is 30.9. The summed E-state index contributed by atoms with van der Waals surface area (Å²) in [6, 6.07) is 9.48. The summed E-state index contributed by atoms with van der Waals surface area (Å²) in [5.41, 5.74) is 0.144. The second-order valence-corrected chi connectivity index (χ2v) is 5.17. The fourth-order valence-electron chi connectivity index (χ4n) is 2.11. The molecule has 0 heterocycles. The van der Waals surface area contributed by atoms with Gasteiger partial charge in [-0.25, -0.2) is 4.79 Å². The van der Waals surface area contributed by atoms with E-state index < -0.39 is 21.5 Å². The van der Waals surface area contributed by atoms with Gasteiger partial charge in [-0.2, -0.15) is 0 Å². The molecule has 0 aliphatic heterocycles. The van der Waals surface area contributed by atoms with Gasteiger partial charge in [-0.3, -0.25) is 20.2 Å². The fourth-order valence-corrected chi connectivity index (χ4v) is 2.11. The summed E-state index contributed by atoms with van der Waals surface area (Å²) in [7, 11) is 0. The van der Waals surface area contributed by atoms with Crippen LogP contribution in [0.25, 0.3) is 6.08 Å².